The van der Waals surface area contributed by atoms with Crippen molar-refractivity contribution in [3.63, 3.8) is 0 Å². The molecule has 0 aromatic rings. The summed E-state index contributed by atoms with van der Waals surface area (Å²) in [4.78, 5) is 10.5. The molecule has 0 aliphatic carbocycles. The monoisotopic (exact) mass is 223 g/mol. The van der Waals surface area contributed by atoms with E-state index in [1.54, 1.807) is 0 Å². The Morgan fingerprint density at radius 3 is 2.33 bits per heavy atom. The predicted octanol–water partition coefficient (Wildman–Crippen LogP) is -2.83. The number of aliphatic hydroxyl groups is 4. The summed E-state index contributed by atoms with van der Waals surface area (Å²) >= 11 is 0. The Morgan fingerprint density at radius 1 is 1.33 bits per heavy atom. The summed E-state index contributed by atoms with van der Waals surface area (Å²) in [5.74, 6) is -0.332. The number of aliphatic hydroxyl groups excluding tert-OH is 4. The number of carbonyl (C=O) groups excluding carboxylic acids is 1. The van der Waals surface area contributed by atoms with Gasteiger partial charge in [0.1, 0.15) is 12.2 Å². The molecule has 3 atom stereocenters. The van der Waals surface area contributed by atoms with Crippen LogP contribution in [0.5, 0.6) is 0 Å². The standard InChI is InChI=1S/C8H17NO6/c1-5(12)9-2-8(14)15-7(4-11)6(13)3-10/h6-8,10-11,13-14H,2-4H2,1H3,(H,9,12)/t6?,7?,8-/m1/s1. The topological polar surface area (TPSA) is 119 Å². The Bertz CT molecular complexity index is 188. The van der Waals surface area contributed by atoms with Gasteiger partial charge in [0.25, 0.3) is 0 Å². The van der Waals surface area contributed by atoms with Crippen LogP contribution in [0.15, 0.2) is 0 Å². The molecule has 2 unspecified atom stereocenters. The van der Waals surface area contributed by atoms with Crippen molar-refractivity contribution in [2.24, 2.45) is 0 Å². The first-order valence-electron chi connectivity index (χ1n) is 4.49. The number of carbonyl (C=O) groups is 1. The van der Waals surface area contributed by atoms with Crippen molar-refractivity contribution >= 4 is 5.91 Å². The quantitative estimate of drug-likeness (QED) is 0.297. The third kappa shape index (κ3) is 6.37. The van der Waals surface area contributed by atoms with E-state index in [-0.39, 0.29) is 12.5 Å². The summed E-state index contributed by atoms with van der Waals surface area (Å²) in [7, 11) is 0. The summed E-state index contributed by atoms with van der Waals surface area (Å²) in [5.41, 5.74) is 0. The lowest BCUT2D eigenvalue weighted by molar-refractivity contribution is -0.179. The molecule has 0 rings (SSSR count). The molecule has 0 saturated heterocycles. The zero-order chi connectivity index (χ0) is 11.8. The molecule has 0 aromatic carbocycles. The first-order valence-corrected chi connectivity index (χ1v) is 4.49. The van der Waals surface area contributed by atoms with Crippen LogP contribution in [0.4, 0.5) is 0 Å². The molecular weight excluding hydrogens is 206 g/mol. The van der Waals surface area contributed by atoms with Gasteiger partial charge in [-0.2, -0.15) is 0 Å². The molecule has 0 fully saturated rings. The molecule has 0 saturated carbocycles. The average Bonchev–Trinajstić information content (AvgIpc) is 2.21. The van der Waals surface area contributed by atoms with Crippen molar-refractivity contribution in [1.82, 2.24) is 5.32 Å². The van der Waals surface area contributed by atoms with Gasteiger partial charge in [-0.05, 0) is 0 Å². The van der Waals surface area contributed by atoms with E-state index in [0.717, 1.165) is 0 Å². The van der Waals surface area contributed by atoms with E-state index in [1.165, 1.54) is 6.92 Å². The van der Waals surface area contributed by atoms with Gasteiger partial charge in [0.2, 0.25) is 5.91 Å². The van der Waals surface area contributed by atoms with Crippen LogP contribution in [0.25, 0.3) is 0 Å². The highest BCUT2D eigenvalue weighted by atomic mass is 16.6. The van der Waals surface area contributed by atoms with E-state index < -0.39 is 31.7 Å². The average molecular weight is 223 g/mol. The van der Waals surface area contributed by atoms with E-state index >= 15 is 0 Å². The SMILES string of the molecule is CC(=O)NC[C@H](O)OC(CO)C(O)CO. The van der Waals surface area contributed by atoms with Gasteiger partial charge in [-0.3, -0.25) is 4.79 Å². The maximum absolute atomic E-state index is 10.5. The van der Waals surface area contributed by atoms with Crippen molar-refractivity contribution in [2.75, 3.05) is 19.8 Å². The van der Waals surface area contributed by atoms with Crippen molar-refractivity contribution in [1.29, 1.82) is 0 Å². The molecule has 0 radical (unpaired) electrons. The van der Waals surface area contributed by atoms with Crippen molar-refractivity contribution in [3.05, 3.63) is 0 Å². The van der Waals surface area contributed by atoms with Crippen LogP contribution in [0.2, 0.25) is 0 Å². The number of nitrogens with one attached hydrogen (secondary N) is 1. The molecule has 90 valence electrons. The maximum Gasteiger partial charge on any atom is 0.217 e. The number of amides is 1. The van der Waals surface area contributed by atoms with Gasteiger partial charge in [0, 0.05) is 6.92 Å². The first-order chi connectivity index (χ1) is 7.01. The van der Waals surface area contributed by atoms with E-state index in [9.17, 15) is 9.90 Å². The predicted molar refractivity (Wildman–Crippen MR) is 49.7 cm³/mol. The fourth-order valence-corrected chi connectivity index (χ4v) is 0.854. The number of rotatable bonds is 7. The second-order valence-corrected chi connectivity index (χ2v) is 3.00. The van der Waals surface area contributed by atoms with Crippen LogP contribution in [-0.4, -0.2) is 64.6 Å². The van der Waals surface area contributed by atoms with Crippen LogP contribution in [0.3, 0.4) is 0 Å². The zero-order valence-corrected chi connectivity index (χ0v) is 8.46. The third-order valence-corrected chi connectivity index (χ3v) is 1.65. The van der Waals surface area contributed by atoms with Crippen LogP contribution >= 0.6 is 0 Å². The number of hydrogen-bond acceptors (Lipinski definition) is 6. The van der Waals surface area contributed by atoms with Gasteiger partial charge < -0.3 is 30.5 Å². The summed E-state index contributed by atoms with van der Waals surface area (Å²) in [5, 5.41) is 37.9. The van der Waals surface area contributed by atoms with Crippen LogP contribution < -0.4 is 5.32 Å². The van der Waals surface area contributed by atoms with E-state index in [4.69, 9.17) is 20.1 Å². The molecule has 5 N–H and O–H groups in total. The minimum absolute atomic E-state index is 0.149. The van der Waals surface area contributed by atoms with Crippen molar-refractivity contribution in [2.45, 2.75) is 25.4 Å². The van der Waals surface area contributed by atoms with Gasteiger partial charge in [0.15, 0.2) is 6.29 Å². The molecule has 0 aliphatic heterocycles. The minimum Gasteiger partial charge on any atom is -0.394 e. The molecule has 0 aliphatic rings. The molecule has 7 nitrogen and oxygen atoms in total. The van der Waals surface area contributed by atoms with Gasteiger partial charge in [-0.1, -0.05) is 0 Å². The molecule has 7 heteroatoms. The molecule has 0 bridgehead atoms. The zero-order valence-electron chi connectivity index (χ0n) is 8.46. The first kappa shape index (κ1) is 14.3. The highest BCUT2D eigenvalue weighted by Crippen LogP contribution is 2.01. The van der Waals surface area contributed by atoms with Crippen LogP contribution in [-0.2, 0) is 9.53 Å². The summed E-state index contributed by atoms with van der Waals surface area (Å²) in [6.45, 7) is -0.000258. The molecule has 0 spiro atoms. The molecule has 15 heavy (non-hydrogen) atoms. The highest BCUT2D eigenvalue weighted by molar-refractivity contribution is 5.72. The lowest BCUT2D eigenvalue weighted by Crippen LogP contribution is -2.41. The second-order valence-electron chi connectivity index (χ2n) is 3.00. The number of hydrogen-bond donors (Lipinski definition) is 5. The molecule has 0 heterocycles. The molecule has 1 amide bonds. The molecular formula is C8H17NO6. The van der Waals surface area contributed by atoms with Gasteiger partial charge in [-0.15, -0.1) is 0 Å². The normalized spacial score (nSPS) is 16.9. The maximum atomic E-state index is 10.5. The smallest absolute Gasteiger partial charge is 0.217 e. The Hall–Kier alpha value is -0.730. The fourth-order valence-electron chi connectivity index (χ4n) is 0.854. The largest absolute Gasteiger partial charge is 0.394 e. The highest BCUT2D eigenvalue weighted by Gasteiger charge is 2.21. The Balaban J connectivity index is 3.89. The Labute approximate surface area is 87.3 Å². The second kappa shape index (κ2) is 7.55. The van der Waals surface area contributed by atoms with Gasteiger partial charge in [0.05, 0.1) is 19.8 Å². The lowest BCUT2D eigenvalue weighted by Gasteiger charge is -2.23. The summed E-state index contributed by atoms with van der Waals surface area (Å²) in [6.07, 6.45) is -3.70. The van der Waals surface area contributed by atoms with E-state index in [0.29, 0.717) is 0 Å². The van der Waals surface area contributed by atoms with Crippen molar-refractivity contribution < 1.29 is 30.0 Å². The minimum atomic E-state index is -1.34. The summed E-state index contributed by atoms with van der Waals surface area (Å²) < 4.78 is 4.78. The fraction of sp³-hybridized carbons (Fsp3) is 0.875. The Kier molecular flexibility index (Phi) is 7.18. The third-order valence-electron chi connectivity index (χ3n) is 1.65. The van der Waals surface area contributed by atoms with Crippen LogP contribution in [0, 0.1) is 0 Å². The van der Waals surface area contributed by atoms with Crippen molar-refractivity contribution in [3.8, 4) is 0 Å². The van der Waals surface area contributed by atoms with Crippen LogP contribution in [0.1, 0.15) is 6.92 Å². The lowest BCUT2D eigenvalue weighted by atomic mass is 10.2. The Morgan fingerprint density at radius 2 is 1.93 bits per heavy atom. The molecule has 0 aromatic heterocycles. The van der Waals surface area contributed by atoms with E-state index in [1.807, 2.05) is 0 Å². The van der Waals surface area contributed by atoms with E-state index in [2.05, 4.69) is 5.32 Å². The summed E-state index contributed by atoms with van der Waals surface area (Å²) in [6, 6.07) is 0. The van der Waals surface area contributed by atoms with Gasteiger partial charge >= 0.3 is 0 Å². The number of ether oxygens (including phenoxy) is 1. The van der Waals surface area contributed by atoms with Gasteiger partial charge in [-0.25, -0.2) is 0 Å².